The van der Waals surface area contributed by atoms with Crippen LogP contribution in [-0.4, -0.2) is 56.4 Å². The van der Waals surface area contributed by atoms with Gasteiger partial charge in [0.2, 0.25) is 17.7 Å². The van der Waals surface area contributed by atoms with Crippen LogP contribution < -0.4 is 14.4 Å². The van der Waals surface area contributed by atoms with Crippen molar-refractivity contribution < 1.29 is 23.8 Å². The lowest BCUT2D eigenvalue weighted by Gasteiger charge is -2.46. The average molecular weight is 662 g/mol. The number of benzene rings is 3. The van der Waals surface area contributed by atoms with Gasteiger partial charge >= 0.3 is 6.09 Å². The predicted molar refractivity (Wildman–Crippen MR) is 189 cm³/mol. The third-order valence-corrected chi connectivity index (χ3v) is 8.84. The molecule has 2 atom stereocenters. The number of amides is 2. The van der Waals surface area contributed by atoms with E-state index in [1.54, 1.807) is 4.90 Å². The molecule has 10 heteroatoms. The van der Waals surface area contributed by atoms with Crippen LogP contribution in [0.3, 0.4) is 0 Å². The van der Waals surface area contributed by atoms with Crippen molar-refractivity contribution in [3.05, 3.63) is 102 Å². The van der Waals surface area contributed by atoms with E-state index in [4.69, 9.17) is 24.3 Å². The minimum Gasteiger partial charge on any atom is -0.473 e. The Morgan fingerprint density at radius 3 is 2.18 bits per heavy atom. The zero-order chi connectivity index (χ0) is 34.7. The SMILES string of the molecule is COC(=O)N([C@H]1CC(=O)N(c2ccc3c(-c4ccc(OCc5ccccc5)nc4OCc4ccccc4)nn(C)c3c2)[C@H](C)C1)C(C)(C)C. The van der Waals surface area contributed by atoms with Crippen molar-refractivity contribution in [3.63, 3.8) is 0 Å². The van der Waals surface area contributed by atoms with E-state index in [0.717, 1.165) is 33.3 Å². The quantitative estimate of drug-likeness (QED) is 0.161. The van der Waals surface area contributed by atoms with E-state index in [1.165, 1.54) is 7.11 Å². The number of ether oxygens (including phenoxy) is 3. The third-order valence-electron chi connectivity index (χ3n) is 8.84. The number of piperidine rings is 1. The number of methoxy groups -OCH3 is 1. The number of fused-ring (bicyclic) bond motifs is 1. The first kappa shape index (κ1) is 33.5. The number of pyridine rings is 1. The van der Waals surface area contributed by atoms with Crippen LogP contribution in [0.4, 0.5) is 10.5 Å². The molecule has 0 unspecified atom stereocenters. The number of aryl methyl sites for hydroxylation is 1. The summed E-state index contributed by atoms with van der Waals surface area (Å²) in [5, 5.41) is 5.81. The minimum atomic E-state index is -0.491. The summed E-state index contributed by atoms with van der Waals surface area (Å²) in [6, 6.07) is 29.2. The molecule has 6 rings (SSSR count). The number of anilines is 1. The maximum Gasteiger partial charge on any atom is 0.410 e. The molecule has 3 heterocycles. The summed E-state index contributed by atoms with van der Waals surface area (Å²) < 4.78 is 19.3. The van der Waals surface area contributed by atoms with E-state index in [1.807, 2.05) is 135 Å². The van der Waals surface area contributed by atoms with Crippen LogP contribution in [0.25, 0.3) is 22.2 Å². The maximum absolute atomic E-state index is 13.7. The van der Waals surface area contributed by atoms with Crippen molar-refractivity contribution >= 4 is 28.6 Å². The molecule has 0 spiro atoms. The second-order valence-electron chi connectivity index (χ2n) is 13.4. The molecule has 10 nitrogen and oxygen atoms in total. The fraction of sp³-hybridized carbons (Fsp3) is 0.333. The first-order valence-corrected chi connectivity index (χ1v) is 16.5. The van der Waals surface area contributed by atoms with Crippen molar-refractivity contribution in [1.82, 2.24) is 19.7 Å². The van der Waals surface area contributed by atoms with Crippen LogP contribution in [0.2, 0.25) is 0 Å². The minimum absolute atomic E-state index is 0.0458. The van der Waals surface area contributed by atoms with Gasteiger partial charge in [-0.3, -0.25) is 14.4 Å². The second-order valence-corrected chi connectivity index (χ2v) is 13.4. The first-order valence-electron chi connectivity index (χ1n) is 16.5. The van der Waals surface area contributed by atoms with E-state index in [2.05, 4.69) is 0 Å². The molecule has 254 valence electrons. The molecule has 49 heavy (non-hydrogen) atoms. The van der Waals surface area contributed by atoms with Crippen LogP contribution in [-0.2, 0) is 29.8 Å². The zero-order valence-corrected chi connectivity index (χ0v) is 28.9. The fourth-order valence-corrected chi connectivity index (χ4v) is 6.64. The number of carbonyl (C=O) groups excluding carboxylic acids is 2. The topological polar surface area (TPSA) is 99.0 Å². The summed E-state index contributed by atoms with van der Waals surface area (Å²) in [4.78, 5) is 34.7. The van der Waals surface area contributed by atoms with Crippen LogP contribution in [0.15, 0.2) is 91.0 Å². The number of hydrogen-bond donors (Lipinski definition) is 0. The molecular weight excluding hydrogens is 618 g/mol. The van der Waals surface area contributed by atoms with Crippen LogP contribution >= 0.6 is 0 Å². The van der Waals surface area contributed by atoms with E-state index in [0.29, 0.717) is 37.1 Å². The number of hydrogen-bond acceptors (Lipinski definition) is 7. The van der Waals surface area contributed by atoms with Crippen molar-refractivity contribution in [1.29, 1.82) is 0 Å². The van der Waals surface area contributed by atoms with Gasteiger partial charge in [0, 0.05) is 48.2 Å². The maximum atomic E-state index is 13.7. The Balaban J connectivity index is 1.30. The Morgan fingerprint density at radius 2 is 1.57 bits per heavy atom. The van der Waals surface area contributed by atoms with Gasteiger partial charge in [-0.25, -0.2) is 4.79 Å². The Kier molecular flexibility index (Phi) is 9.58. The van der Waals surface area contributed by atoms with E-state index >= 15 is 0 Å². The largest absolute Gasteiger partial charge is 0.473 e. The monoisotopic (exact) mass is 661 g/mol. The Bertz CT molecular complexity index is 1940. The summed E-state index contributed by atoms with van der Waals surface area (Å²) in [6.07, 6.45) is 0.407. The molecule has 0 N–H and O–H groups in total. The molecule has 0 aliphatic carbocycles. The summed E-state index contributed by atoms with van der Waals surface area (Å²) in [5.41, 5.74) is 4.65. The van der Waals surface area contributed by atoms with Gasteiger partial charge in [0.15, 0.2) is 0 Å². The molecule has 0 bridgehead atoms. The summed E-state index contributed by atoms with van der Waals surface area (Å²) in [5.74, 6) is 0.820. The Labute approximate surface area is 287 Å². The van der Waals surface area contributed by atoms with Crippen molar-refractivity contribution in [3.8, 4) is 23.0 Å². The first-order chi connectivity index (χ1) is 23.5. The normalized spacial score (nSPS) is 16.4. The van der Waals surface area contributed by atoms with Gasteiger partial charge in [-0.1, -0.05) is 60.7 Å². The highest BCUT2D eigenvalue weighted by atomic mass is 16.5. The van der Waals surface area contributed by atoms with Gasteiger partial charge in [-0.05, 0) is 69.5 Å². The number of aromatic nitrogens is 3. The number of rotatable bonds is 9. The predicted octanol–water partition coefficient (Wildman–Crippen LogP) is 7.54. The van der Waals surface area contributed by atoms with E-state index in [9.17, 15) is 9.59 Å². The third kappa shape index (κ3) is 7.23. The molecule has 0 saturated carbocycles. The van der Waals surface area contributed by atoms with Gasteiger partial charge in [-0.15, -0.1) is 0 Å². The van der Waals surface area contributed by atoms with Crippen molar-refractivity contribution in [2.45, 2.75) is 71.4 Å². The molecule has 2 amide bonds. The van der Waals surface area contributed by atoms with Gasteiger partial charge in [0.1, 0.15) is 18.9 Å². The number of carbonyl (C=O) groups is 2. The number of nitrogens with zero attached hydrogens (tertiary/aromatic N) is 5. The lowest BCUT2D eigenvalue weighted by molar-refractivity contribution is -0.122. The molecule has 5 aromatic rings. The Hall–Kier alpha value is -5.38. The smallest absolute Gasteiger partial charge is 0.410 e. The van der Waals surface area contributed by atoms with Gasteiger partial charge in [0.05, 0.1) is 18.2 Å². The summed E-state index contributed by atoms with van der Waals surface area (Å²) in [7, 11) is 3.27. The van der Waals surface area contributed by atoms with Gasteiger partial charge in [-0.2, -0.15) is 10.1 Å². The Morgan fingerprint density at radius 1 is 0.918 bits per heavy atom. The lowest BCUT2D eigenvalue weighted by atomic mass is 9.92. The van der Waals surface area contributed by atoms with Crippen LogP contribution in [0.5, 0.6) is 11.8 Å². The molecule has 3 aromatic carbocycles. The molecule has 2 aromatic heterocycles. The highest BCUT2D eigenvalue weighted by molar-refractivity contribution is 6.00. The van der Waals surface area contributed by atoms with Crippen molar-refractivity contribution in [2.75, 3.05) is 12.0 Å². The standard InChI is InChI=1S/C39H43N5O5/c1-26-21-30(44(38(46)47-6)39(2,3)4)23-35(45)43(26)29-17-18-31-33(22-29)42(5)41-36(31)32-19-20-34(48-24-27-13-9-7-10-14-27)40-37(32)49-25-28-15-11-8-12-16-28/h7-20,22,26,30H,21,23-25H2,1-6H3/t26-,30-/m1/s1. The van der Waals surface area contributed by atoms with Crippen LogP contribution in [0, 0.1) is 0 Å². The second kappa shape index (κ2) is 14.0. The zero-order valence-electron chi connectivity index (χ0n) is 28.9. The average Bonchev–Trinajstić information content (AvgIpc) is 3.41. The molecule has 0 radical (unpaired) electrons. The highest BCUT2D eigenvalue weighted by Crippen LogP contribution is 2.38. The molecule has 1 aliphatic rings. The van der Waals surface area contributed by atoms with E-state index < -0.39 is 11.6 Å². The fourth-order valence-electron chi connectivity index (χ4n) is 6.64. The lowest BCUT2D eigenvalue weighted by Crippen LogP contribution is -2.58. The summed E-state index contributed by atoms with van der Waals surface area (Å²) in [6.45, 7) is 8.60. The van der Waals surface area contributed by atoms with Gasteiger partial charge < -0.3 is 19.1 Å². The van der Waals surface area contributed by atoms with Gasteiger partial charge in [0.25, 0.3) is 0 Å². The molecule has 1 aliphatic heterocycles. The summed E-state index contributed by atoms with van der Waals surface area (Å²) >= 11 is 0. The van der Waals surface area contributed by atoms with Crippen LogP contribution in [0.1, 0.15) is 51.7 Å². The van der Waals surface area contributed by atoms with Crippen molar-refractivity contribution in [2.24, 2.45) is 7.05 Å². The molecule has 1 fully saturated rings. The highest BCUT2D eigenvalue weighted by Gasteiger charge is 2.41. The molecule has 1 saturated heterocycles. The molecular formula is C39H43N5O5. The van der Waals surface area contributed by atoms with E-state index in [-0.39, 0.29) is 24.4 Å².